The first-order chi connectivity index (χ1) is 28.6. The first kappa shape index (κ1) is 38.4. The van der Waals surface area contributed by atoms with Gasteiger partial charge in [0, 0.05) is 50.3 Å². The quantitative estimate of drug-likeness (QED) is 0.162. The molecule has 0 N–H and O–H groups in total. The van der Waals surface area contributed by atoms with Crippen LogP contribution in [0.15, 0.2) is 200 Å². The van der Waals surface area contributed by atoms with Crippen LogP contribution in [0.2, 0.25) is 0 Å². The summed E-state index contributed by atoms with van der Waals surface area (Å²) in [6, 6.07) is 72.4. The minimum absolute atomic E-state index is 0.212. The van der Waals surface area contributed by atoms with Gasteiger partial charge in [0.2, 0.25) is 0 Å². The number of rotatable bonds is 7. The maximum absolute atomic E-state index is 3.53. The molecule has 0 aliphatic carbocycles. The molecule has 286 valence electrons. The minimum Gasteiger partial charge on any atom is -0.311 e. The van der Waals surface area contributed by atoms with E-state index in [2.05, 4.69) is 241 Å². The van der Waals surface area contributed by atoms with Gasteiger partial charge in [-0.3, -0.25) is 0 Å². The van der Waals surface area contributed by atoms with Crippen LogP contribution in [-0.2, 0) is 5.41 Å². The van der Waals surface area contributed by atoms with Crippen LogP contribution in [-0.4, -0.2) is 10.8 Å². The van der Waals surface area contributed by atoms with E-state index >= 15 is 0 Å². The van der Waals surface area contributed by atoms with Crippen molar-refractivity contribution in [1.82, 2.24) is 4.57 Å². The number of benzene rings is 8. The summed E-state index contributed by atoms with van der Waals surface area (Å²) in [6.45, 7) is 8.75. The highest BCUT2D eigenvalue weighted by Crippen LogP contribution is 2.50. The predicted molar refractivity (Wildman–Crippen MR) is 254 cm³/mol. The zero-order valence-electron chi connectivity index (χ0n) is 33.8. The number of nitrogens with zero attached hydrogens (tertiary/aromatic N) is 3. The average molecular weight is 772 g/mol. The van der Waals surface area contributed by atoms with Crippen LogP contribution < -0.4 is 9.80 Å². The van der Waals surface area contributed by atoms with Gasteiger partial charge in [0.1, 0.15) is 0 Å². The number of anilines is 6. The second-order valence-corrected chi connectivity index (χ2v) is 14.7. The summed E-state index contributed by atoms with van der Waals surface area (Å²) in [5, 5.41) is 2.51. The van der Waals surface area contributed by atoms with E-state index < -0.39 is 0 Å². The molecule has 10 rings (SSSR count). The summed E-state index contributed by atoms with van der Waals surface area (Å²) in [5.41, 5.74) is 15.4. The molecule has 0 bridgehead atoms. The fourth-order valence-electron chi connectivity index (χ4n) is 8.52. The summed E-state index contributed by atoms with van der Waals surface area (Å²) in [7, 11) is 0. The Bertz CT molecular complexity index is 2700. The Morgan fingerprint density at radius 2 is 0.828 bits per heavy atom. The molecule has 2 heterocycles. The van der Waals surface area contributed by atoms with Gasteiger partial charge in [-0.2, -0.15) is 12.6 Å². The van der Waals surface area contributed by atoms with Crippen molar-refractivity contribution >= 4 is 68.6 Å². The number of fused-ring (bicyclic) bond motifs is 5. The van der Waals surface area contributed by atoms with E-state index in [0.717, 1.165) is 34.1 Å². The van der Waals surface area contributed by atoms with Gasteiger partial charge in [0.25, 0.3) is 0 Å². The molecule has 9 aromatic rings. The van der Waals surface area contributed by atoms with Crippen LogP contribution in [0.1, 0.15) is 38.8 Å². The zero-order chi connectivity index (χ0) is 40.2. The molecule has 4 heteroatoms. The monoisotopic (exact) mass is 771 g/mol. The lowest BCUT2D eigenvalue weighted by molar-refractivity contribution is 0.630. The second-order valence-electron chi connectivity index (χ2n) is 14.7. The Morgan fingerprint density at radius 1 is 0.397 bits per heavy atom. The van der Waals surface area contributed by atoms with Crippen molar-refractivity contribution in [1.29, 1.82) is 0 Å². The van der Waals surface area contributed by atoms with E-state index in [1.54, 1.807) is 6.26 Å². The van der Waals surface area contributed by atoms with Gasteiger partial charge >= 0.3 is 0 Å². The molecule has 8 aromatic carbocycles. The largest absolute Gasteiger partial charge is 0.311 e. The SMILES string of the molecule is CC.CC1(C)c2ccccc2-n2c3ccc(-c4ccc(N(c5ccccc5)c5ccccc5)cc4)cc3c3cc(N(c4ccccc4)c4ccccc4)cc1c32.CS. The van der Waals surface area contributed by atoms with Crippen molar-refractivity contribution < 1.29 is 0 Å². The van der Waals surface area contributed by atoms with Crippen LogP contribution in [0, 0.1) is 0 Å². The molecule has 0 spiro atoms. The van der Waals surface area contributed by atoms with Gasteiger partial charge in [0.05, 0.1) is 16.7 Å². The highest BCUT2D eigenvalue weighted by atomic mass is 32.1. The van der Waals surface area contributed by atoms with Crippen molar-refractivity contribution in [3.63, 3.8) is 0 Å². The lowest BCUT2D eigenvalue weighted by atomic mass is 9.74. The highest BCUT2D eigenvalue weighted by molar-refractivity contribution is 7.79. The van der Waals surface area contributed by atoms with E-state index in [9.17, 15) is 0 Å². The fourth-order valence-corrected chi connectivity index (χ4v) is 8.52. The maximum atomic E-state index is 3.53. The van der Waals surface area contributed by atoms with Crippen LogP contribution >= 0.6 is 12.6 Å². The van der Waals surface area contributed by atoms with Crippen LogP contribution in [0.4, 0.5) is 34.1 Å². The van der Waals surface area contributed by atoms with Gasteiger partial charge in [-0.1, -0.05) is 137 Å². The number of thiol groups is 1. The molecule has 0 amide bonds. The van der Waals surface area contributed by atoms with Crippen molar-refractivity contribution in [2.45, 2.75) is 33.1 Å². The van der Waals surface area contributed by atoms with Crippen molar-refractivity contribution in [2.75, 3.05) is 16.1 Å². The van der Waals surface area contributed by atoms with E-state index in [-0.39, 0.29) is 5.41 Å². The predicted octanol–water partition coefficient (Wildman–Crippen LogP) is 15.6. The van der Waals surface area contributed by atoms with E-state index in [1.807, 2.05) is 13.8 Å². The molecule has 1 aliphatic rings. The number of hydrogen-bond acceptors (Lipinski definition) is 3. The standard InChI is InChI=1S/C51H39N3.C2H6.CH4S/c1-51(2)46-25-15-16-26-49(46)54-48-32-29-37(36-27-30-42(31-28-36)52(38-17-7-3-8-18-38)39-19-9-4-10-20-39)33-44(48)45-34-43(35-47(51)50(45)54)53(40-21-11-5-12-22-40)41-23-13-6-14-24-41;2*1-2/h3-35H,1-2H3;1-2H3;2H,1H3. The Kier molecular flexibility index (Phi) is 10.9. The summed E-state index contributed by atoms with van der Waals surface area (Å²) in [4.78, 5) is 4.70. The van der Waals surface area contributed by atoms with E-state index in [1.165, 1.54) is 49.7 Å². The lowest BCUT2D eigenvalue weighted by Gasteiger charge is -2.36. The van der Waals surface area contributed by atoms with E-state index in [4.69, 9.17) is 0 Å². The molecule has 0 unspecified atom stereocenters. The van der Waals surface area contributed by atoms with Crippen LogP contribution in [0.3, 0.4) is 0 Å². The Labute approximate surface area is 348 Å². The second kappa shape index (κ2) is 16.5. The molecule has 1 aromatic heterocycles. The third-order valence-electron chi connectivity index (χ3n) is 11.1. The zero-order valence-corrected chi connectivity index (χ0v) is 34.7. The Hall–Kier alpha value is -6.49. The molecule has 0 radical (unpaired) electrons. The number of para-hydroxylation sites is 5. The molecule has 0 fully saturated rings. The summed E-state index contributed by atoms with van der Waals surface area (Å²) >= 11 is 3.53. The van der Waals surface area contributed by atoms with Gasteiger partial charge in [-0.15, -0.1) is 0 Å². The van der Waals surface area contributed by atoms with Gasteiger partial charge in [0.15, 0.2) is 0 Å². The fraction of sp³-hybridized carbons (Fsp3) is 0.111. The third-order valence-corrected chi connectivity index (χ3v) is 11.1. The third kappa shape index (κ3) is 6.74. The first-order valence-electron chi connectivity index (χ1n) is 20.1. The number of hydrogen-bond donors (Lipinski definition) is 1. The molecule has 0 saturated carbocycles. The van der Waals surface area contributed by atoms with Crippen LogP contribution in [0.25, 0.3) is 38.6 Å². The van der Waals surface area contributed by atoms with Crippen molar-refractivity contribution in [3.05, 3.63) is 211 Å². The molecule has 3 nitrogen and oxygen atoms in total. The van der Waals surface area contributed by atoms with Gasteiger partial charge in [-0.05, 0) is 120 Å². The lowest BCUT2D eigenvalue weighted by Crippen LogP contribution is -2.26. The highest BCUT2D eigenvalue weighted by Gasteiger charge is 2.36. The minimum atomic E-state index is -0.212. The Balaban J connectivity index is 0.00000114. The smallest absolute Gasteiger partial charge is 0.0583 e. The normalized spacial score (nSPS) is 12.1. The Morgan fingerprint density at radius 3 is 1.34 bits per heavy atom. The summed E-state index contributed by atoms with van der Waals surface area (Å²) in [6.07, 6.45) is 1.69. The summed E-state index contributed by atoms with van der Waals surface area (Å²) < 4.78 is 2.50. The first-order valence-corrected chi connectivity index (χ1v) is 21.0. The topological polar surface area (TPSA) is 11.4 Å². The summed E-state index contributed by atoms with van der Waals surface area (Å²) in [5.74, 6) is 0. The van der Waals surface area contributed by atoms with Crippen LogP contribution in [0.5, 0.6) is 0 Å². The van der Waals surface area contributed by atoms with Crippen molar-refractivity contribution in [2.24, 2.45) is 0 Å². The van der Waals surface area contributed by atoms with E-state index in [0.29, 0.717) is 0 Å². The average Bonchev–Trinajstić information content (AvgIpc) is 3.62. The number of aromatic nitrogens is 1. The molecular formula is C54H49N3S. The molecular weight excluding hydrogens is 723 g/mol. The van der Waals surface area contributed by atoms with Gasteiger partial charge in [-0.25, -0.2) is 0 Å². The molecule has 0 saturated heterocycles. The van der Waals surface area contributed by atoms with Crippen molar-refractivity contribution in [3.8, 4) is 16.8 Å². The maximum Gasteiger partial charge on any atom is 0.0583 e. The van der Waals surface area contributed by atoms with Gasteiger partial charge < -0.3 is 14.4 Å². The molecule has 58 heavy (non-hydrogen) atoms. The molecule has 0 atom stereocenters. The molecule has 1 aliphatic heterocycles.